The molecule has 0 spiro atoms. The lowest BCUT2D eigenvalue weighted by Crippen LogP contribution is -2.21. The summed E-state index contributed by atoms with van der Waals surface area (Å²) in [7, 11) is 1.51. The summed E-state index contributed by atoms with van der Waals surface area (Å²) in [5.74, 6) is 0. The summed E-state index contributed by atoms with van der Waals surface area (Å²) in [5, 5.41) is 8.26. The molecule has 0 saturated heterocycles. The van der Waals surface area contributed by atoms with E-state index in [9.17, 15) is 0 Å². The minimum atomic E-state index is -0.500. The van der Waals surface area contributed by atoms with E-state index in [1.54, 1.807) is 0 Å². The van der Waals surface area contributed by atoms with E-state index < -0.39 is 6.29 Å². The number of rotatable bonds is 3. The van der Waals surface area contributed by atoms with Crippen molar-refractivity contribution in [1.29, 1.82) is 0 Å². The van der Waals surface area contributed by atoms with Gasteiger partial charge in [0.25, 0.3) is 0 Å². The Kier molecular flexibility index (Phi) is 3.86. The van der Waals surface area contributed by atoms with Gasteiger partial charge >= 0.3 is 0 Å². The Balaban J connectivity index is 3.63. The molecule has 0 aromatic carbocycles. The van der Waals surface area contributed by atoms with Crippen LogP contribution in [0.25, 0.3) is 0 Å². The van der Waals surface area contributed by atoms with Gasteiger partial charge in [0.05, 0.1) is 0 Å². The lowest BCUT2D eigenvalue weighted by atomic mass is 9.92. The maximum atomic E-state index is 8.26. The molecule has 0 amide bonds. The van der Waals surface area contributed by atoms with Crippen LogP contribution in [0.5, 0.6) is 0 Å². The monoisotopic (exact) mass is 148 g/mol. The highest BCUT2D eigenvalue weighted by atomic mass is 17.1. The van der Waals surface area contributed by atoms with Gasteiger partial charge < -0.3 is 4.74 Å². The van der Waals surface area contributed by atoms with E-state index in [0.29, 0.717) is 6.42 Å². The second-order valence-corrected chi connectivity index (χ2v) is 3.54. The molecule has 1 N–H and O–H groups in total. The van der Waals surface area contributed by atoms with Crippen molar-refractivity contribution in [3.05, 3.63) is 0 Å². The summed E-state index contributed by atoms with van der Waals surface area (Å²) >= 11 is 0. The molecular formula is C7H16O3. The molecule has 1 atom stereocenters. The SMILES string of the molecule is COC(CC(C)(C)C)OO. The van der Waals surface area contributed by atoms with Gasteiger partial charge in [0, 0.05) is 13.5 Å². The highest BCUT2D eigenvalue weighted by Crippen LogP contribution is 2.21. The van der Waals surface area contributed by atoms with Gasteiger partial charge in [-0.05, 0) is 5.41 Å². The van der Waals surface area contributed by atoms with Crippen molar-refractivity contribution in [1.82, 2.24) is 0 Å². The molecule has 0 aromatic heterocycles. The molecule has 0 aliphatic carbocycles. The standard InChI is InChI=1S/C7H16O3/c1-7(2,3)5-6(9-4)10-8/h6,8H,5H2,1-4H3. The fraction of sp³-hybridized carbons (Fsp3) is 1.00. The van der Waals surface area contributed by atoms with Gasteiger partial charge in [0.1, 0.15) is 0 Å². The summed E-state index contributed by atoms with van der Waals surface area (Å²) in [6.45, 7) is 6.16. The van der Waals surface area contributed by atoms with Crippen LogP contribution in [0.3, 0.4) is 0 Å². The third-order valence-corrected chi connectivity index (χ3v) is 1.16. The molecule has 10 heavy (non-hydrogen) atoms. The van der Waals surface area contributed by atoms with Crippen LogP contribution in [0.1, 0.15) is 27.2 Å². The van der Waals surface area contributed by atoms with Crippen LogP contribution in [0.4, 0.5) is 0 Å². The van der Waals surface area contributed by atoms with Crippen LogP contribution < -0.4 is 0 Å². The van der Waals surface area contributed by atoms with E-state index >= 15 is 0 Å². The molecule has 3 nitrogen and oxygen atoms in total. The Morgan fingerprint density at radius 2 is 1.90 bits per heavy atom. The summed E-state index contributed by atoms with van der Waals surface area (Å²) < 4.78 is 4.80. The van der Waals surface area contributed by atoms with Crippen LogP contribution in [-0.4, -0.2) is 18.7 Å². The second kappa shape index (κ2) is 3.91. The van der Waals surface area contributed by atoms with E-state index in [0.717, 1.165) is 0 Å². The van der Waals surface area contributed by atoms with Crippen molar-refractivity contribution >= 4 is 0 Å². The van der Waals surface area contributed by atoms with Crippen LogP contribution >= 0.6 is 0 Å². The van der Waals surface area contributed by atoms with E-state index in [-0.39, 0.29) is 5.41 Å². The molecule has 0 rings (SSSR count). The minimum Gasteiger partial charge on any atom is -0.353 e. The van der Waals surface area contributed by atoms with Gasteiger partial charge in [-0.1, -0.05) is 20.8 Å². The summed E-state index contributed by atoms with van der Waals surface area (Å²) in [6, 6.07) is 0. The topological polar surface area (TPSA) is 38.7 Å². The molecular weight excluding hydrogens is 132 g/mol. The first kappa shape index (κ1) is 9.88. The Labute approximate surface area is 61.9 Å². The fourth-order valence-electron chi connectivity index (χ4n) is 0.664. The van der Waals surface area contributed by atoms with Crippen LogP contribution in [0.2, 0.25) is 0 Å². The van der Waals surface area contributed by atoms with Gasteiger partial charge in [0.2, 0.25) is 0 Å². The third-order valence-electron chi connectivity index (χ3n) is 1.16. The quantitative estimate of drug-likeness (QED) is 0.377. The Morgan fingerprint density at radius 1 is 1.40 bits per heavy atom. The van der Waals surface area contributed by atoms with Crippen LogP contribution in [0, 0.1) is 5.41 Å². The molecule has 0 heterocycles. The smallest absolute Gasteiger partial charge is 0.191 e. The normalized spacial score (nSPS) is 15.3. The van der Waals surface area contributed by atoms with E-state index in [4.69, 9.17) is 9.99 Å². The van der Waals surface area contributed by atoms with Crippen molar-refractivity contribution in [3.8, 4) is 0 Å². The van der Waals surface area contributed by atoms with Crippen LogP contribution in [0.15, 0.2) is 0 Å². The first-order valence-electron chi connectivity index (χ1n) is 3.32. The van der Waals surface area contributed by atoms with Gasteiger partial charge in [-0.3, -0.25) is 0 Å². The van der Waals surface area contributed by atoms with Gasteiger partial charge in [-0.2, -0.15) is 0 Å². The highest BCUT2D eigenvalue weighted by Gasteiger charge is 2.18. The lowest BCUT2D eigenvalue weighted by molar-refractivity contribution is -0.346. The van der Waals surface area contributed by atoms with Gasteiger partial charge in [-0.15, -0.1) is 0 Å². The Bertz CT molecular complexity index is 81.3. The van der Waals surface area contributed by atoms with E-state index in [2.05, 4.69) is 25.7 Å². The average Bonchev–Trinajstić information content (AvgIpc) is 1.81. The fourth-order valence-corrected chi connectivity index (χ4v) is 0.664. The molecule has 0 aromatic rings. The predicted molar refractivity (Wildman–Crippen MR) is 38.6 cm³/mol. The molecule has 0 fully saturated rings. The zero-order chi connectivity index (χ0) is 8.20. The first-order valence-corrected chi connectivity index (χ1v) is 3.32. The Hall–Kier alpha value is -0.120. The van der Waals surface area contributed by atoms with E-state index in [1.807, 2.05) is 0 Å². The number of hydrogen-bond acceptors (Lipinski definition) is 3. The maximum Gasteiger partial charge on any atom is 0.191 e. The molecule has 0 aliphatic rings. The predicted octanol–water partition coefficient (Wildman–Crippen LogP) is 1.88. The molecule has 0 radical (unpaired) electrons. The summed E-state index contributed by atoms with van der Waals surface area (Å²) in [5.41, 5.74) is 0.114. The average molecular weight is 148 g/mol. The Morgan fingerprint density at radius 3 is 2.00 bits per heavy atom. The number of methoxy groups -OCH3 is 1. The molecule has 1 unspecified atom stereocenters. The molecule has 62 valence electrons. The number of hydrogen-bond donors (Lipinski definition) is 1. The molecule has 0 bridgehead atoms. The van der Waals surface area contributed by atoms with Gasteiger partial charge in [0.15, 0.2) is 6.29 Å². The van der Waals surface area contributed by atoms with E-state index in [1.165, 1.54) is 7.11 Å². The lowest BCUT2D eigenvalue weighted by Gasteiger charge is -2.22. The summed E-state index contributed by atoms with van der Waals surface area (Å²) in [4.78, 5) is 4.05. The summed E-state index contributed by atoms with van der Waals surface area (Å²) in [6.07, 6.45) is 0.181. The van der Waals surface area contributed by atoms with Gasteiger partial charge in [-0.25, -0.2) is 10.1 Å². The third kappa shape index (κ3) is 4.73. The highest BCUT2D eigenvalue weighted by molar-refractivity contribution is 4.62. The van der Waals surface area contributed by atoms with Crippen LogP contribution in [-0.2, 0) is 9.62 Å². The minimum absolute atomic E-state index is 0.114. The first-order chi connectivity index (χ1) is 4.49. The number of ether oxygens (including phenoxy) is 1. The molecule has 0 aliphatic heterocycles. The second-order valence-electron chi connectivity index (χ2n) is 3.54. The maximum absolute atomic E-state index is 8.26. The zero-order valence-electron chi connectivity index (χ0n) is 7.05. The molecule has 0 saturated carbocycles. The van der Waals surface area contributed by atoms with Crippen molar-refractivity contribution in [3.63, 3.8) is 0 Å². The molecule has 3 heteroatoms. The zero-order valence-corrected chi connectivity index (χ0v) is 7.05. The van der Waals surface area contributed by atoms with Crippen molar-refractivity contribution < 1.29 is 14.9 Å². The van der Waals surface area contributed by atoms with Crippen molar-refractivity contribution in [2.45, 2.75) is 33.5 Å². The largest absolute Gasteiger partial charge is 0.353 e. The van der Waals surface area contributed by atoms with Crippen molar-refractivity contribution in [2.24, 2.45) is 5.41 Å². The van der Waals surface area contributed by atoms with Crippen molar-refractivity contribution in [2.75, 3.05) is 7.11 Å².